The lowest BCUT2D eigenvalue weighted by Gasteiger charge is -2.06. The number of unbranched alkanes of at least 4 members (excludes halogenated alkanes) is 1. The summed E-state index contributed by atoms with van der Waals surface area (Å²) >= 11 is 0. The first-order valence-corrected chi connectivity index (χ1v) is 6.56. The van der Waals surface area contributed by atoms with E-state index in [1.807, 2.05) is 6.92 Å². The maximum absolute atomic E-state index is 10.9. The van der Waals surface area contributed by atoms with Crippen molar-refractivity contribution in [1.29, 1.82) is 0 Å². The summed E-state index contributed by atoms with van der Waals surface area (Å²) in [5, 5.41) is 0. The van der Waals surface area contributed by atoms with Crippen molar-refractivity contribution in [2.75, 3.05) is 39.6 Å². The van der Waals surface area contributed by atoms with Gasteiger partial charge in [-0.3, -0.25) is 4.79 Å². The normalized spacial score (nSPS) is 10.7. The van der Waals surface area contributed by atoms with Gasteiger partial charge in [-0.15, -0.1) is 0 Å². The Labute approximate surface area is 105 Å². The number of ketones is 1. The highest BCUT2D eigenvalue weighted by Gasteiger charge is 1.97. The van der Waals surface area contributed by atoms with E-state index in [1.165, 1.54) is 0 Å². The number of carbonyl (C=O) groups is 1. The molecule has 4 heteroatoms. The van der Waals surface area contributed by atoms with Gasteiger partial charge in [-0.2, -0.15) is 0 Å². The minimum atomic E-state index is 0.246. The first-order valence-electron chi connectivity index (χ1n) is 6.56. The Morgan fingerprint density at radius 3 is 1.88 bits per heavy atom. The molecule has 0 unspecified atom stereocenters. The molecule has 0 saturated carbocycles. The van der Waals surface area contributed by atoms with Crippen LogP contribution < -0.4 is 0 Å². The molecular weight excluding hydrogens is 220 g/mol. The van der Waals surface area contributed by atoms with Gasteiger partial charge in [0.25, 0.3) is 0 Å². The highest BCUT2D eigenvalue weighted by atomic mass is 16.5. The molecule has 4 nitrogen and oxygen atoms in total. The minimum Gasteiger partial charge on any atom is -0.379 e. The van der Waals surface area contributed by atoms with Gasteiger partial charge in [-0.05, 0) is 6.42 Å². The largest absolute Gasteiger partial charge is 0.379 e. The number of hydrogen-bond acceptors (Lipinski definition) is 4. The van der Waals surface area contributed by atoms with Crippen LogP contribution in [-0.2, 0) is 19.0 Å². The average Bonchev–Trinajstić information content (AvgIpc) is 2.35. The molecule has 0 aromatic heterocycles. The zero-order chi connectivity index (χ0) is 12.8. The molecule has 102 valence electrons. The Bertz CT molecular complexity index is 171. The third-order valence-electron chi connectivity index (χ3n) is 2.31. The Balaban J connectivity index is 2.96. The van der Waals surface area contributed by atoms with Crippen molar-refractivity contribution >= 4 is 5.78 Å². The van der Waals surface area contributed by atoms with Crippen LogP contribution in [0, 0.1) is 0 Å². The van der Waals surface area contributed by atoms with Gasteiger partial charge in [0.05, 0.1) is 33.0 Å². The third-order valence-corrected chi connectivity index (χ3v) is 2.31. The van der Waals surface area contributed by atoms with E-state index < -0.39 is 0 Å². The van der Waals surface area contributed by atoms with Crippen molar-refractivity contribution in [3.05, 3.63) is 0 Å². The molecule has 17 heavy (non-hydrogen) atoms. The zero-order valence-electron chi connectivity index (χ0n) is 11.2. The molecule has 0 aromatic carbocycles. The molecule has 0 heterocycles. The molecular formula is C13H26O4. The Morgan fingerprint density at radius 1 is 0.824 bits per heavy atom. The fourth-order valence-electron chi connectivity index (χ4n) is 1.15. The topological polar surface area (TPSA) is 44.8 Å². The molecule has 0 N–H and O–H groups in total. The number of rotatable bonds is 13. The molecule has 0 aliphatic carbocycles. The van der Waals surface area contributed by atoms with Crippen LogP contribution in [0.4, 0.5) is 0 Å². The van der Waals surface area contributed by atoms with Gasteiger partial charge in [0.1, 0.15) is 5.78 Å². The monoisotopic (exact) mass is 246 g/mol. The van der Waals surface area contributed by atoms with E-state index in [0.717, 1.165) is 19.4 Å². The predicted molar refractivity (Wildman–Crippen MR) is 67.3 cm³/mol. The first-order chi connectivity index (χ1) is 8.31. The van der Waals surface area contributed by atoms with Crippen molar-refractivity contribution in [2.45, 2.75) is 39.5 Å². The highest BCUT2D eigenvalue weighted by Crippen LogP contribution is 1.90. The summed E-state index contributed by atoms with van der Waals surface area (Å²) < 4.78 is 15.9. The number of Topliss-reactive ketones (excluding diaryl/α,β-unsaturated/α-hetero) is 1. The number of carbonyl (C=O) groups excluding carboxylic acids is 1. The average molecular weight is 246 g/mol. The summed E-state index contributed by atoms with van der Waals surface area (Å²) in [5.41, 5.74) is 0. The van der Waals surface area contributed by atoms with Crippen molar-refractivity contribution in [1.82, 2.24) is 0 Å². The first kappa shape index (κ1) is 16.6. The quantitative estimate of drug-likeness (QED) is 0.467. The zero-order valence-corrected chi connectivity index (χ0v) is 11.2. The minimum absolute atomic E-state index is 0.246. The van der Waals surface area contributed by atoms with Crippen molar-refractivity contribution in [3.8, 4) is 0 Å². The second kappa shape index (κ2) is 13.6. The highest BCUT2D eigenvalue weighted by molar-refractivity contribution is 5.78. The molecule has 0 rings (SSSR count). The number of ether oxygens (including phenoxy) is 3. The summed E-state index contributed by atoms with van der Waals surface area (Å²) in [6.07, 6.45) is 3.37. The molecule has 0 radical (unpaired) electrons. The second-order valence-electron chi connectivity index (χ2n) is 3.83. The SMILES string of the molecule is CCCCOCCOCCOCCC(=O)CC. The third kappa shape index (κ3) is 13.5. The molecule has 0 saturated heterocycles. The van der Waals surface area contributed by atoms with Gasteiger partial charge in [-0.25, -0.2) is 0 Å². The lowest BCUT2D eigenvalue weighted by molar-refractivity contribution is -0.119. The lowest BCUT2D eigenvalue weighted by Crippen LogP contribution is -2.11. The van der Waals surface area contributed by atoms with Gasteiger partial charge in [0.15, 0.2) is 0 Å². The molecule has 0 atom stereocenters. The molecule has 0 fully saturated rings. The summed E-state index contributed by atoms with van der Waals surface area (Å²) in [6, 6.07) is 0. The van der Waals surface area contributed by atoms with Crippen LogP contribution in [0.2, 0.25) is 0 Å². The predicted octanol–water partition coefficient (Wildman–Crippen LogP) is 2.21. The van der Waals surface area contributed by atoms with Crippen molar-refractivity contribution in [3.63, 3.8) is 0 Å². The Kier molecular flexibility index (Phi) is 13.3. The van der Waals surface area contributed by atoms with Crippen LogP contribution in [0.5, 0.6) is 0 Å². The van der Waals surface area contributed by atoms with Crippen molar-refractivity contribution in [2.24, 2.45) is 0 Å². The molecule has 0 bridgehead atoms. The molecule has 0 aromatic rings. The molecule has 0 spiro atoms. The van der Waals surface area contributed by atoms with E-state index >= 15 is 0 Å². The lowest BCUT2D eigenvalue weighted by atomic mass is 10.2. The Hall–Kier alpha value is -0.450. The van der Waals surface area contributed by atoms with Crippen molar-refractivity contribution < 1.29 is 19.0 Å². The van der Waals surface area contributed by atoms with E-state index in [0.29, 0.717) is 45.9 Å². The summed E-state index contributed by atoms with van der Waals surface area (Å²) in [5.74, 6) is 0.246. The van der Waals surface area contributed by atoms with Crippen LogP contribution in [0.15, 0.2) is 0 Å². The molecule has 0 aliphatic rings. The number of hydrogen-bond donors (Lipinski definition) is 0. The Morgan fingerprint density at radius 2 is 1.35 bits per heavy atom. The van der Waals surface area contributed by atoms with Gasteiger partial charge >= 0.3 is 0 Å². The summed E-state index contributed by atoms with van der Waals surface area (Å²) in [7, 11) is 0. The van der Waals surface area contributed by atoms with Crippen LogP contribution in [-0.4, -0.2) is 45.4 Å². The maximum Gasteiger partial charge on any atom is 0.134 e. The van der Waals surface area contributed by atoms with Crippen LogP contribution in [0.3, 0.4) is 0 Å². The standard InChI is InChI=1S/C13H26O4/c1-3-5-7-15-9-11-17-12-10-16-8-6-13(14)4-2/h3-12H2,1-2H3. The fraction of sp³-hybridized carbons (Fsp3) is 0.923. The van der Waals surface area contributed by atoms with Crippen LogP contribution in [0.25, 0.3) is 0 Å². The van der Waals surface area contributed by atoms with Gasteiger partial charge in [0.2, 0.25) is 0 Å². The van der Waals surface area contributed by atoms with Gasteiger partial charge < -0.3 is 14.2 Å². The maximum atomic E-state index is 10.9. The fourth-order valence-corrected chi connectivity index (χ4v) is 1.15. The van der Waals surface area contributed by atoms with E-state index in [1.54, 1.807) is 0 Å². The molecule has 0 aliphatic heterocycles. The second-order valence-corrected chi connectivity index (χ2v) is 3.83. The van der Waals surface area contributed by atoms with Crippen LogP contribution in [0.1, 0.15) is 39.5 Å². The van der Waals surface area contributed by atoms with E-state index in [4.69, 9.17) is 14.2 Å². The van der Waals surface area contributed by atoms with Gasteiger partial charge in [-0.1, -0.05) is 20.3 Å². The smallest absolute Gasteiger partial charge is 0.134 e. The van der Waals surface area contributed by atoms with Gasteiger partial charge in [0, 0.05) is 19.4 Å². The van der Waals surface area contributed by atoms with E-state index in [9.17, 15) is 4.79 Å². The van der Waals surface area contributed by atoms with Crippen LogP contribution >= 0.6 is 0 Å². The van der Waals surface area contributed by atoms with E-state index in [2.05, 4.69) is 6.92 Å². The summed E-state index contributed by atoms with van der Waals surface area (Å²) in [4.78, 5) is 10.9. The summed E-state index contributed by atoms with van der Waals surface area (Å²) in [6.45, 7) is 7.70. The molecule has 0 amide bonds. The van der Waals surface area contributed by atoms with E-state index in [-0.39, 0.29) is 5.78 Å².